The number of carbonyl (C=O) groups is 1. The monoisotopic (exact) mass is 457 g/mol. The van der Waals surface area contributed by atoms with E-state index in [0.29, 0.717) is 35.3 Å². The summed E-state index contributed by atoms with van der Waals surface area (Å²) in [5.74, 6) is 0.177. The van der Waals surface area contributed by atoms with Crippen LogP contribution in [0, 0.1) is 0 Å². The number of carbonyl (C=O) groups excluding carboxylic acids is 1. The van der Waals surface area contributed by atoms with Crippen LogP contribution in [0.15, 0.2) is 65.6 Å². The Morgan fingerprint density at radius 2 is 1.88 bits per heavy atom. The first-order valence-electron chi connectivity index (χ1n) is 10.9. The molecule has 2 N–H and O–H groups in total. The highest BCUT2D eigenvalue weighted by Crippen LogP contribution is 2.34. The fraction of sp³-hybridized carbons (Fsp3) is 0.250. The largest absolute Gasteiger partial charge is 0.373 e. The molecule has 1 aliphatic heterocycles. The molecule has 10 nitrogen and oxygen atoms in total. The average Bonchev–Trinajstić information content (AvgIpc) is 3.47. The number of likely N-dealkylation sites (tertiary alicyclic amines) is 1. The maximum absolute atomic E-state index is 12.4. The first-order valence-corrected chi connectivity index (χ1v) is 10.9. The number of anilines is 1. The molecule has 0 radical (unpaired) electrons. The summed E-state index contributed by atoms with van der Waals surface area (Å²) >= 11 is 0. The van der Waals surface area contributed by atoms with Crippen LogP contribution in [0.5, 0.6) is 0 Å². The van der Waals surface area contributed by atoms with Crippen LogP contribution >= 0.6 is 0 Å². The molecule has 0 aliphatic carbocycles. The van der Waals surface area contributed by atoms with E-state index in [1.165, 1.54) is 4.90 Å². The van der Waals surface area contributed by atoms with Crippen LogP contribution in [0.2, 0.25) is 0 Å². The summed E-state index contributed by atoms with van der Waals surface area (Å²) in [5.41, 5.74) is 1.53. The quantitative estimate of drug-likeness (QED) is 0.449. The van der Waals surface area contributed by atoms with Crippen molar-refractivity contribution in [1.29, 1.82) is 0 Å². The second-order valence-electron chi connectivity index (χ2n) is 8.24. The summed E-state index contributed by atoms with van der Waals surface area (Å²) in [7, 11) is 1.64. The molecule has 4 aromatic heterocycles. The molecule has 1 fully saturated rings. The summed E-state index contributed by atoms with van der Waals surface area (Å²) in [6.07, 6.45) is 5.44. The van der Waals surface area contributed by atoms with E-state index < -0.39 is 11.5 Å². The van der Waals surface area contributed by atoms with Gasteiger partial charge in [0.15, 0.2) is 5.76 Å². The van der Waals surface area contributed by atoms with Crippen LogP contribution in [-0.4, -0.2) is 54.6 Å². The van der Waals surface area contributed by atoms with E-state index in [-0.39, 0.29) is 18.2 Å². The van der Waals surface area contributed by atoms with Crippen molar-refractivity contribution < 1.29 is 14.4 Å². The van der Waals surface area contributed by atoms with Crippen molar-refractivity contribution >= 4 is 11.9 Å². The Labute approximate surface area is 195 Å². The molecule has 1 aliphatic rings. The second-order valence-corrected chi connectivity index (χ2v) is 8.24. The summed E-state index contributed by atoms with van der Waals surface area (Å²) in [4.78, 5) is 31.6. The van der Waals surface area contributed by atoms with Crippen LogP contribution in [0.1, 0.15) is 30.7 Å². The zero-order valence-electron chi connectivity index (χ0n) is 18.7. The molecule has 2 atom stereocenters. The topological polar surface area (TPSA) is 130 Å². The Hall–Kier alpha value is -4.18. The number of nitrogens with one attached hydrogen (secondary N) is 1. The SMILES string of the molecule is CC(Nc1nccc(-c2cccc(-c3cc(C4(O)CCN(C)C4=O)on3)n2)n1)c1cccnc1. The maximum atomic E-state index is 12.4. The summed E-state index contributed by atoms with van der Waals surface area (Å²) in [6, 6.07) is 12.6. The molecule has 0 bridgehead atoms. The molecule has 2 unspecified atom stereocenters. The molecule has 5 rings (SSSR count). The number of likely N-dealkylation sites (N-methyl/N-ethyl adjacent to an activating group) is 1. The summed E-state index contributed by atoms with van der Waals surface area (Å²) in [6.45, 7) is 2.46. The molecular formula is C24H23N7O3. The molecular weight excluding hydrogens is 434 g/mol. The highest BCUT2D eigenvalue weighted by molar-refractivity contribution is 5.87. The van der Waals surface area contributed by atoms with Gasteiger partial charge in [-0.05, 0) is 36.8 Å². The van der Waals surface area contributed by atoms with Gasteiger partial charge < -0.3 is 19.8 Å². The standard InChI is InChI=1S/C24H23N7O3/c1-15(16-5-4-10-25-14-16)27-23-26-11-8-19(29-23)17-6-3-7-18(28-17)20-13-21(34-30-20)24(33)9-12-31(2)22(24)32/h3-8,10-11,13-15,33H,9,12H2,1-2H3,(H,26,27,29). The molecule has 1 saturated heterocycles. The minimum atomic E-state index is -1.70. The van der Waals surface area contributed by atoms with Gasteiger partial charge in [0.05, 0.1) is 23.1 Å². The van der Waals surface area contributed by atoms with E-state index in [0.717, 1.165) is 5.56 Å². The lowest BCUT2D eigenvalue weighted by molar-refractivity contribution is -0.144. The van der Waals surface area contributed by atoms with E-state index in [4.69, 9.17) is 4.52 Å². The minimum absolute atomic E-state index is 0.0278. The van der Waals surface area contributed by atoms with Crippen molar-refractivity contribution in [2.75, 3.05) is 18.9 Å². The maximum Gasteiger partial charge on any atom is 0.262 e. The first-order chi connectivity index (χ1) is 16.4. The molecule has 34 heavy (non-hydrogen) atoms. The van der Waals surface area contributed by atoms with Crippen LogP contribution in [0.4, 0.5) is 5.95 Å². The Morgan fingerprint density at radius 1 is 1.09 bits per heavy atom. The highest BCUT2D eigenvalue weighted by atomic mass is 16.5. The van der Waals surface area contributed by atoms with Gasteiger partial charge in [0.25, 0.3) is 5.91 Å². The predicted molar refractivity (Wildman–Crippen MR) is 123 cm³/mol. The number of hydrogen-bond acceptors (Lipinski definition) is 9. The third-order valence-electron chi connectivity index (χ3n) is 5.89. The molecule has 0 aromatic carbocycles. The normalized spacial score (nSPS) is 18.8. The molecule has 5 heterocycles. The van der Waals surface area contributed by atoms with Crippen molar-refractivity contribution in [1.82, 2.24) is 30.0 Å². The van der Waals surface area contributed by atoms with Gasteiger partial charge in [-0.25, -0.2) is 15.0 Å². The number of pyridine rings is 2. The Balaban J connectivity index is 1.39. The average molecular weight is 457 g/mol. The third-order valence-corrected chi connectivity index (χ3v) is 5.89. The van der Waals surface area contributed by atoms with E-state index in [9.17, 15) is 9.90 Å². The molecule has 172 valence electrons. The van der Waals surface area contributed by atoms with E-state index in [1.807, 2.05) is 31.2 Å². The number of rotatable bonds is 6. The third kappa shape index (κ3) is 3.99. The van der Waals surface area contributed by atoms with Crippen LogP contribution in [0.3, 0.4) is 0 Å². The number of hydrogen-bond donors (Lipinski definition) is 2. The van der Waals surface area contributed by atoms with Gasteiger partial charge in [-0.15, -0.1) is 0 Å². The Bertz CT molecular complexity index is 1330. The lowest BCUT2D eigenvalue weighted by atomic mass is 9.98. The van der Waals surface area contributed by atoms with E-state index in [2.05, 4.69) is 30.4 Å². The fourth-order valence-corrected chi connectivity index (χ4v) is 3.87. The van der Waals surface area contributed by atoms with Crippen LogP contribution in [0.25, 0.3) is 22.8 Å². The number of aromatic nitrogens is 5. The van der Waals surface area contributed by atoms with E-state index >= 15 is 0 Å². The van der Waals surface area contributed by atoms with Gasteiger partial charge in [0.2, 0.25) is 11.5 Å². The molecule has 4 aromatic rings. The molecule has 10 heteroatoms. The second kappa shape index (κ2) is 8.64. The van der Waals surface area contributed by atoms with Crippen molar-refractivity contribution in [3.05, 3.63) is 72.4 Å². The zero-order valence-corrected chi connectivity index (χ0v) is 18.7. The zero-order chi connectivity index (χ0) is 23.7. The fourth-order valence-electron chi connectivity index (χ4n) is 3.87. The van der Waals surface area contributed by atoms with Crippen LogP contribution in [-0.2, 0) is 10.4 Å². The Kier molecular flexibility index (Phi) is 5.50. The number of amides is 1. The number of nitrogens with zero attached hydrogens (tertiary/aromatic N) is 6. The van der Waals surface area contributed by atoms with E-state index in [1.54, 1.807) is 43.8 Å². The van der Waals surface area contributed by atoms with Gasteiger partial charge >= 0.3 is 0 Å². The summed E-state index contributed by atoms with van der Waals surface area (Å²) < 4.78 is 5.35. The van der Waals surface area contributed by atoms with Crippen molar-refractivity contribution in [2.45, 2.75) is 25.0 Å². The summed E-state index contributed by atoms with van der Waals surface area (Å²) in [5, 5.41) is 18.1. The molecule has 0 saturated carbocycles. The van der Waals surface area contributed by atoms with Gasteiger partial charge in [0.1, 0.15) is 5.69 Å². The lowest BCUT2D eigenvalue weighted by Gasteiger charge is -2.16. The van der Waals surface area contributed by atoms with Gasteiger partial charge in [-0.3, -0.25) is 9.78 Å². The van der Waals surface area contributed by atoms with Gasteiger partial charge in [0, 0.05) is 44.7 Å². The Morgan fingerprint density at radius 3 is 2.62 bits per heavy atom. The molecule has 0 spiro atoms. The predicted octanol–water partition coefficient (Wildman–Crippen LogP) is 2.81. The van der Waals surface area contributed by atoms with Crippen molar-refractivity contribution in [3.8, 4) is 22.8 Å². The van der Waals surface area contributed by atoms with Gasteiger partial charge in [-0.1, -0.05) is 17.3 Å². The highest BCUT2D eigenvalue weighted by Gasteiger charge is 2.48. The molecule has 1 amide bonds. The van der Waals surface area contributed by atoms with Gasteiger partial charge in [-0.2, -0.15) is 0 Å². The minimum Gasteiger partial charge on any atom is -0.373 e. The lowest BCUT2D eigenvalue weighted by Crippen LogP contribution is -2.35. The number of aliphatic hydroxyl groups is 1. The van der Waals surface area contributed by atoms with Crippen LogP contribution < -0.4 is 5.32 Å². The smallest absolute Gasteiger partial charge is 0.262 e. The van der Waals surface area contributed by atoms with Crippen molar-refractivity contribution in [3.63, 3.8) is 0 Å². The first kappa shape index (κ1) is 21.7. The van der Waals surface area contributed by atoms with Crippen molar-refractivity contribution in [2.24, 2.45) is 0 Å².